The van der Waals surface area contributed by atoms with Crippen LogP contribution in [0.2, 0.25) is 10.0 Å². The lowest BCUT2D eigenvalue weighted by Crippen LogP contribution is -2.36. The molecule has 12 heteroatoms. The Bertz CT molecular complexity index is 1200. The first-order valence-corrected chi connectivity index (χ1v) is 11.0. The van der Waals surface area contributed by atoms with E-state index in [9.17, 15) is 23.1 Å². The van der Waals surface area contributed by atoms with Gasteiger partial charge in [0.2, 0.25) is 0 Å². The molecule has 4 rings (SSSR count). The van der Waals surface area contributed by atoms with Gasteiger partial charge in [0.25, 0.3) is 0 Å². The van der Waals surface area contributed by atoms with Crippen molar-refractivity contribution in [3.63, 3.8) is 0 Å². The van der Waals surface area contributed by atoms with Crippen molar-refractivity contribution in [2.75, 3.05) is 11.9 Å². The summed E-state index contributed by atoms with van der Waals surface area (Å²) in [5.74, 6) is 1.07. The Kier molecular flexibility index (Phi) is 6.75. The summed E-state index contributed by atoms with van der Waals surface area (Å²) in [6.07, 6.45) is -5.28. The maximum absolute atomic E-state index is 13.2. The zero-order valence-corrected chi connectivity index (χ0v) is 19.4. The zero-order chi connectivity index (χ0) is 24.6. The fourth-order valence-corrected chi connectivity index (χ4v) is 4.26. The van der Waals surface area contributed by atoms with Crippen LogP contribution in [0.25, 0.3) is 0 Å². The molecule has 2 heterocycles. The van der Waals surface area contributed by atoms with Crippen molar-refractivity contribution < 1.29 is 23.1 Å². The number of nitrogens with one attached hydrogen (secondary N) is 1. The minimum absolute atomic E-state index is 0.0108. The van der Waals surface area contributed by atoms with Crippen LogP contribution in [-0.4, -0.2) is 43.5 Å². The predicted molar refractivity (Wildman–Crippen MR) is 121 cm³/mol. The molecule has 0 aliphatic carbocycles. The van der Waals surface area contributed by atoms with Gasteiger partial charge in [-0.15, -0.1) is 10.2 Å². The number of benzene rings is 2. The highest BCUT2D eigenvalue weighted by atomic mass is 35.5. The molecule has 3 aromatic rings. The molecule has 2 atom stereocenters. The monoisotopic (exact) mass is 513 g/mol. The molecule has 0 bridgehead atoms. The second-order valence-corrected chi connectivity index (χ2v) is 8.84. The molecule has 1 aliphatic heterocycles. The number of amides is 2. The van der Waals surface area contributed by atoms with Crippen molar-refractivity contribution in [3.8, 4) is 0 Å². The van der Waals surface area contributed by atoms with Gasteiger partial charge in [-0.05, 0) is 42.8 Å². The van der Waals surface area contributed by atoms with E-state index >= 15 is 0 Å². The molecule has 2 amide bonds. The molecule has 2 N–H and O–H groups in total. The Morgan fingerprint density at radius 2 is 1.88 bits per heavy atom. The topological polar surface area (TPSA) is 83.3 Å². The quantitative estimate of drug-likeness (QED) is 0.495. The highest BCUT2D eigenvalue weighted by Crippen LogP contribution is 2.37. The van der Waals surface area contributed by atoms with Gasteiger partial charge in [-0.1, -0.05) is 35.3 Å². The van der Waals surface area contributed by atoms with Gasteiger partial charge >= 0.3 is 12.2 Å². The van der Waals surface area contributed by atoms with Crippen LogP contribution in [0.4, 0.5) is 23.7 Å². The first-order chi connectivity index (χ1) is 16.0. The van der Waals surface area contributed by atoms with Crippen LogP contribution in [-0.2, 0) is 12.7 Å². The SMILES string of the molecule is Cc1nnc([C@H]2C[C@H](O)CN2C(=O)Nc2ccc(Cl)c(C(F)(F)F)c2)n1Cc1ccc(Cl)cc1. The van der Waals surface area contributed by atoms with Gasteiger partial charge in [-0.3, -0.25) is 0 Å². The van der Waals surface area contributed by atoms with E-state index in [4.69, 9.17) is 23.2 Å². The third kappa shape index (κ3) is 5.13. The number of likely N-dealkylation sites (tertiary alicyclic amines) is 1. The van der Waals surface area contributed by atoms with Gasteiger partial charge in [-0.25, -0.2) is 4.79 Å². The average molecular weight is 514 g/mol. The number of carbonyl (C=O) groups is 1. The molecule has 1 aliphatic rings. The lowest BCUT2D eigenvalue weighted by atomic mass is 10.1. The van der Waals surface area contributed by atoms with E-state index in [1.807, 2.05) is 16.7 Å². The van der Waals surface area contributed by atoms with Gasteiger partial charge in [0.15, 0.2) is 5.82 Å². The predicted octanol–water partition coefficient (Wildman–Crippen LogP) is 5.30. The number of hydrogen-bond acceptors (Lipinski definition) is 4. The standard InChI is InChI=1S/C22H20Cl2F3N5O2/c1-12-29-30-20(31(12)10-13-2-4-14(23)5-3-13)19-9-16(33)11-32(19)21(34)28-15-6-7-18(24)17(8-15)22(25,26)27/h2-8,16,19,33H,9-11H2,1H3,(H,28,34)/t16-,19+/m0/s1. The number of carbonyl (C=O) groups excluding carboxylic acids is 1. The van der Waals surface area contributed by atoms with Gasteiger partial charge in [0.05, 0.1) is 29.3 Å². The first-order valence-electron chi connectivity index (χ1n) is 10.3. The number of anilines is 1. The summed E-state index contributed by atoms with van der Waals surface area (Å²) in [6.45, 7) is 2.18. The fourth-order valence-electron chi connectivity index (χ4n) is 3.91. The van der Waals surface area contributed by atoms with Crippen LogP contribution in [0.3, 0.4) is 0 Å². The van der Waals surface area contributed by atoms with Crippen molar-refractivity contribution in [3.05, 3.63) is 75.3 Å². The highest BCUT2D eigenvalue weighted by molar-refractivity contribution is 6.31. The highest BCUT2D eigenvalue weighted by Gasteiger charge is 2.39. The third-order valence-electron chi connectivity index (χ3n) is 5.58. The maximum atomic E-state index is 13.2. The molecule has 7 nitrogen and oxygen atoms in total. The van der Waals surface area contributed by atoms with E-state index in [0.717, 1.165) is 17.7 Å². The van der Waals surface area contributed by atoms with E-state index in [-0.39, 0.29) is 18.7 Å². The van der Waals surface area contributed by atoms with Crippen LogP contribution in [0, 0.1) is 6.92 Å². The van der Waals surface area contributed by atoms with E-state index in [0.29, 0.717) is 23.2 Å². The van der Waals surface area contributed by atoms with Crippen LogP contribution < -0.4 is 5.32 Å². The largest absolute Gasteiger partial charge is 0.417 e. The Morgan fingerprint density at radius 3 is 2.56 bits per heavy atom. The molecule has 1 fully saturated rings. The minimum atomic E-state index is -4.67. The number of β-amino-alcohol motifs (C(OH)–C–C–N with tert-alkyl or cyclic N) is 1. The number of aliphatic hydroxyl groups excluding tert-OH is 1. The van der Waals surface area contributed by atoms with Gasteiger partial charge < -0.3 is 19.9 Å². The molecule has 180 valence electrons. The van der Waals surface area contributed by atoms with E-state index in [1.54, 1.807) is 19.1 Å². The van der Waals surface area contributed by atoms with E-state index < -0.39 is 34.9 Å². The second-order valence-electron chi connectivity index (χ2n) is 8.00. The molecule has 0 saturated carbocycles. The number of halogens is 5. The number of aryl methyl sites for hydroxylation is 1. The summed E-state index contributed by atoms with van der Waals surface area (Å²) in [4.78, 5) is 14.4. The molecule has 0 spiro atoms. The second kappa shape index (κ2) is 9.44. The lowest BCUT2D eigenvalue weighted by molar-refractivity contribution is -0.137. The number of aliphatic hydroxyl groups is 1. The van der Waals surface area contributed by atoms with Crippen molar-refractivity contribution in [1.29, 1.82) is 0 Å². The molecular formula is C22H20Cl2F3N5O2. The fraction of sp³-hybridized carbons (Fsp3) is 0.318. The Morgan fingerprint density at radius 1 is 1.18 bits per heavy atom. The molecule has 0 radical (unpaired) electrons. The Balaban J connectivity index is 1.58. The molecule has 1 aromatic heterocycles. The smallest absolute Gasteiger partial charge is 0.391 e. The van der Waals surface area contributed by atoms with Crippen LogP contribution in [0.15, 0.2) is 42.5 Å². The Labute approximate surface area is 203 Å². The number of aromatic nitrogens is 3. The van der Waals surface area contributed by atoms with Crippen LogP contribution in [0.1, 0.15) is 35.2 Å². The number of alkyl halides is 3. The van der Waals surface area contributed by atoms with Crippen molar-refractivity contribution in [2.45, 2.75) is 38.2 Å². The van der Waals surface area contributed by atoms with Crippen LogP contribution in [0.5, 0.6) is 0 Å². The molecule has 34 heavy (non-hydrogen) atoms. The summed E-state index contributed by atoms with van der Waals surface area (Å²) < 4.78 is 41.4. The molecule has 1 saturated heterocycles. The third-order valence-corrected chi connectivity index (χ3v) is 6.16. The number of rotatable bonds is 4. The van der Waals surface area contributed by atoms with Gasteiger partial charge in [-0.2, -0.15) is 13.2 Å². The Hall–Kier alpha value is -2.82. The summed E-state index contributed by atoms with van der Waals surface area (Å²) in [7, 11) is 0. The summed E-state index contributed by atoms with van der Waals surface area (Å²) in [6, 6.07) is 9.07. The van der Waals surface area contributed by atoms with E-state index in [2.05, 4.69) is 15.5 Å². The van der Waals surface area contributed by atoms with Crippen molar-refractivity contribution in [2.24, 2.45) is 0 Å². The minimum Gasteiger partial charge on any atom is -0.391 e. The molecule has 2 aromatic carbocycles. The molecular weight excluding hydrogens is 494 g/mol. The number of nitrogens with zero attached hydrogens (tertiary/aromatic N) is 4. The summed E-state index contributed by atoms with van der Waals surface area (Å²) >= 11 is 11.6. The van der Waals surface area contributed by atoms with Crippen LogP contribution >= 0.6 is 23.2 Å². The normalized spacial score (nSPS) is 18.4. The summed E-state index contributed by atoms with van der Waals surface area (Å²) in [5, 5.41) is 21.3. The summed E-state index contributed by atoms with van der Waals surface area (Å²) in [5.41, 5.74) is -0.187. The van der Waals surface area contributed by atoms with Gasteiger partial charge in [0, 0.05) is 23.7 Å². The lowest BCUT2D eigenvalue weighted by Gasteiger charge is -2.25. The first kappa shape index (κ1) is 24.3. The van der Waals surface area contributed by atoms with E-state index in [1.165, 1.54) is 11.0 Å². The van der Waals surface area contributed by atoms with Crippen molar-refractivity contribution in [1.82, 2.24) is 19.7 Å². The van der Waals surface area contributed by atoms with Crippen molar-refractivity contribution >= 4 is 34.9 Å². The zero-order valence-electron chi connectivity index (χ0n) is 17.9. The number of hydrogen-bond donors (Lipinski definition) is 2. The maximum Gasteiger partial charge on any atom is 0.417 e. The van der Waals surface area contributed by atoms with Gasteiger partial charge in [0.1, 0.15) is 5.82 Å². The average Bonchev–Trinajstić information content (AvgIpc) is 3.32. The molecule has 0 unspecified atom stereocenters. The number of urea groups is 1.